The summed E-state index contributed by atoms with van der Waals surface area (Å²) in [5.74, 6) is 1.27. The van der Waals surface area contributed by atoms with Gasteiger partial charge in [0.15, 0.2) is 5.82 Å². The average Bonchev–Trinajstić information content (AvgIpc) is 3.24. The molecule has 0 radical (unpaired) electrons. The Kier molecular flexibility index (Phi) is 6.11. The van der Waals surface area contributed by atoms with Gasteiger partial charge in [-0.3, -0.25) is 4.79 Å². The van der Waals surface area contributed by atoms with E-state index in [1.165, 1.54) is 0 Å². The number of benzene rings is 3. The van der Waals surface area contributed by atoms with Gasteiger partial charge in [0.25, 0.3) is 5.91 Å². The molecule has 0 spiro atoms. The highest BCUT2D eigenvalue weighted by molar-refractivity contribution is 7.98. The molecule has 4 rings (SSSR count). The van der Waals surface area contributed by atoms with Crippen molar-refractivity contribution < 1.29 is 4.79 Å². The van der Waals surface area contributed by atoms with Crippen LogP contribution in [0.1, 0.15) is 21.5 Å². The highest BCUT2D eigenvalue weighted by atomic mass is 32.2. The molecule has 4 aromatic rings. The van der Waals surface area contributed by atoms with E-state index in [1.54, 1.807) is 30.2 Å². The maximum Gasteiger partial charge on any atom is 0.256 e. The number of nitriles is 1. The van der Waals surface area contributed by atoms with Crippen LogP contribution in [0.4, 0.5) is 5.69 Å². The van der Waals surface area contributed by atoms with Crippen molar-refractivity contribution in [3.05, 3.63) is 95.8 Å². The predicted molar refractivity (Wildman–Crippen MR) is 122 cm³/mol. The molecule has 31 heavy (non-hydrogen) atoms. The first-order chi connectivity index (χ1) is 15.1. The first-order valence-electron chi connectivity index (χ1n) is 9.60. The van der Waals surface area contributed by atoms with Gasteiger partial charge in [0.2, 0.25) is 0 Å². The van der Waals surface area contributed by atoms with Gasteiger partial charge in [0.1, 0.15) is 6.33 Å². The van der Waals surface area contributed by atoms with Crippen LogP contribution in [-0.2, 0) is 12.8 Å². The van der Waals surface area contributed by atoms with E-state index in [1.807, 2.05) is 72.3 Å². The summed E-state index contributed by atoms with van der Waals surface area (Å²) in [4.78, 5) is 13.9. The first kappa shape index (κ1) is 20.4. The van der Waals surface area contributed by atoms with E-state index >= 15 is 0 Å². The number of hydrogen-bond donors (Lipinski definition) is 1. The highest BCUT2D eigenvalue weighted by Gasteiger charge is 2.13. The third kappa shape index (κ3) is 4.82. The highest BCUT2D eigenvalue weighted by Crippen LogP contribution is 2.28. The Balaban J connectivity index is 1.49. The van der Waals surface area contributed by atoms with Crippen LogP contribution in [0.5, 0.6) is 0 Å². The Bertz CT molecular complexity index is 1260. The largest absolute Gasteiger partial charge is 0.322 e. The molecule has 1 heterocycles. The molecule has 0 saturated heterocycles. The minimum Gasteiger partial charge on any atom is -0.322 e. The van der Waals surface area contributed by atoms with Gasteiger partial charge in [-0.1, -0.05) is 36.4 Å². The summed E-state index contributed by atoms with van der Waals surface area (Å²) < 4.78 is 1.83. The van der Waals surface area contributed by atoms with Crippen molar-refractivity contribution in [3.8, 4) is 17.5 Å². The van der Waals surface area contributed by atoms with Crippen molar-refractivity contribution in [2.75, 3.05) is 5.32 Å². The molecule has 3 aromatic carbocycles. The minimum absolute atomic E-state index is 0.168. The first-order valence-corrected chi connectivity index (χ1v) is 10.6. The zero-order chi connectivity index (χ0) is 21.6. The summed E-state index contributed by atoms with van der Waals surface area (Å²) >= 11 is 1.59. The van der Waals surface area contributed by atoms with Gasteiger partial charge in [0.05, 0.1) is 17.2 Å². The van der Waals surface area contributed by atoms with E-state index in [2.05, 4.69) is 21.6 Å². The number of amides is 1. The summed E-state index contributed by atoms with van der Waals surface area (Å²) in [6.07, 6.45) is 1.64. The third-order valence-corrected chi connectivity index (χ3v) is 5.84. The van der Waals surface area contributed by atoms with E-state index in [-0.39, 0.29) is 5.91 Å². The number of aromatic nitrogens is 3. The van der Waals surface area contributed by atoms with Crippen molar-refractivity contribution in [1.82, 2.24) is 14.8 Å². The zero-order valence-electron chi connectivity index (χ0n) is 16.8. The normalized spacial score (nSPS) is 10.5. The smallest absolute Gasteiger partial charge is 0.256 e. The molecule has 1 aromatic heterocycles. The maximum absolute atomic E-state index is 13.0. The minimum atomic E-state index is -0.168. The molecule has 152 valence electrons. The number of aryl methyl sites for hydroxylation is 1. The summed E-state index contributed by atoms with van der Waals surface area (Å²) in [6, 6.07) is 24.7. The molecule has 1 N–H and O–H groups in total. The van der Waals surface area contributed by atoms with Gasteiger partial charge in [-0.05, 0) is 42.0 Å². The number of nitrogens with zero attached hydrogens (tertiary/aromatic N) is 4. The van der Waals surface area contributed by atoms with Crippen molar-refractivity contribution in [3.63, 3.8) is 0 Å². The fraction of sp³-hybridized carbons (Fsp3) is 0.0833. The van der Waals surface area contributed by atoms with E-state index < -0.39 is 0 Å². The lowest BCUT2D eigenvalue weighted by atomic mass is 10.1. The monoisotopic (exact) mass is 425 g/mol. The lowest BCUT2D eigenvalue weighted by Crippen LogP contribution is -2.13. The molecule has 0 atom stereocenters. The summed E-state index contributed by atoms with van der Waals surface area (Å²) in [6.45, 7) is 0. The Hall–Kier alpha value is -3.89. The zero-order valence-corrected chi connectivity index (χ0v) is 17.6. The van der Waals surface area contributed by atoms with Crippen LogP contribution in [0.15, 0.2) is 84.0 Å². The van der Waals surface area contributed by atoms with Crippen molar-refractivity contribution in [2.45, 2.75) is 10.6 Å². The summed E-state index contributed by atoms with van der Waals surface area (Å²) in [5.41, 5.74) is 3.91. The molecular formula is C24H19N5OS. The second kappa shape index (κ2) is 9.28. The second-order valence-electron chi connectivity index (χ2n) is 6.89. The second-order valence-corrected chi connectivity index (χ2v) is 7.91. The Morgan fingerprint density at radius 1 is 1.10 bits per heavy atom. The summed E-state index contributed by atoms with van der Waals surface area (Å²) in [5, 5.41) is 20.0. The fourth-order valence-electron chi connectivity index (χ4n) is 3.10. The van der Waals surface area contributed by atoms with Gasteiger partial charge < -0.3 is 9.88 Å². The van der Waals surface area contributed by atoms with Crippen molar-refractivity contribution >= 4 is 23.4 Å². The Morgan fingerprint density at radius 3 is 2.65 bits per heavy atom. The lowest BCUT2D eigenvalue weighted by Gasteiger charge is -2.11. The molecule has 7 heteroatoms. The molecular weight excluding hydrogens is 406 g/mol. The predicted octanol–water partition coefficient (Wildman–Crippen LogP) is 4.90. The van der Waals surface area contributed by atoms with Crippen LogP contribution in [0.2, 0.25) is 0 Å². The summed E-state index contributed by atoms with van der Waals surface area (Å²) in [7, 11) is 1.88. The van der Waals surface area contributed by atoms with Crippen LogP contribution in [0, 0.1) is 11.3 Å². The number of carbonyl (C=O) groups excluding carboxylic acids is 1. The van der Waals surface area contributed by atoms with Crippen LogP contribution in [0.25, 0.3) is 11.4 Å². The number of carbonyl (C=O) groups is 1. The number of rotatable bonds is 6. The quantitative estimate of drug-likeness (QED) is 0.444. The molecule has 0 aliphatic carbocycles. The van der Waals surface area contributed by atoms with Gasteiger partial charge in [-0.25, -0.2) is 0 Å². The third-order valence-electron chi connectivity index (χ3n) is 4.70. The Labute approximate surface area is 184 Å². The van der Waals surface area contributed by atoms with Crippen LogP contribution in [0.3, 0.4) is 0 Å². The standard InChI is InChI=1S/C24H19N5OS/c1-29-16-26-28-23(29)19-5-4-6-20(13-19)27-24(30)21-7-2-3-8-22(21)31-15-18-11-9-17(14-25)10-12-18/h2-13,16H,15H2,1H3,(H,27,30). The Morgan fingerprint density at radius 2 is 1.90 bits per heavy atom. The number of thioether (sulfide) groups is 1. The van der Waals surface area contributed by atoms with Gasteiger partial charge >= 0.3 is 0 Å². The van der Waals surface area contributed by atoms with E-state index in [0.717, 1.165) is 21.8 Å². The van der Waals surface area contributed by atoms with E-state index in [4.69, 9.17) is 5.26 Å². The molecule has 0 unspecified atom stereocenters. The van der Waals surface area contributed by atoms with Crippen LogP contribution >= 0.6 is 11.8 Å². The molecule has 6 nitrogen and oxygen atoms in total. The molecule has 0 aliphatic heterocycles. The van der Waals surface area contributed by atoms with E-state index in [9.17, 15) is 4.79 Å². The maximum atomic E-state index is 13.0. The van der Waals surface area contributed by atoms with Gasteiger partial charge in [0, 0.05) is 28.9 Å². The topological polar surface area (TPSA) is 83.6 Å². The molecule has 0 saturated carbocycles. The van der Waals surface area contributed by atoms with E-state index in [0.29, 0.717) is 22.6 Å². The number of nitrogens with one attached hydrogen (secondary N) is 1. The number of hydrogen-bond acceptors (Lipinski definition) is 5. The lowest BCUT2D eigenvalue weighted by molar-refractivity contribution is 0.102. The van der Waals surface area contributed by atoms with Gasteiger partial charge in [-0.15, -0.1) is 22.0 Å². The molecule has 1 amide bonds. The van der Waals surface area contributed by atoms with Gasteiger partial charge in [-0.2, -0.15) is 5.26 Å². The molecule has 0 bridgehead atoms. The average molecular weight is 426 g/mol. The van der Waals surface area contributed by atoms with Crippen LogP contribution in [-0.4, -0.2) is 20.7 Å². The SMILES string of the molecule is Cn1cnnc1-c1cccc(NC(=O)c2ccccc2SCc2ccc(C#N)cc2)c1. The number of anilines is 1. The van der Waals surface area contributed by atoms with Crippen LogP contribution < -0.4 is 5.32 Å². The molecule has 0 fully saturated rings. The van der Waals surface area contributed by atoms with Crippen molar-refractivity contribution in [2.24, 2.45) is 7.05 Å². The van der Waals surface area contributed by atoms with Crippen molar-refractivity contribution in [1.29, 1.82) is 5.26 Å². The molecule has 0 aliphatic rings. The fourth-order valence-corrected chi connectivity index (χ4v) is 4.10.